The minimum atomic E-state index is -0.0558. The lowest BCUT2D eigenvalue weighted by molar-refractivity contribution is 0.102. The number of rotatable bonds is 13. The molecule has 9 rings (SSSR count). The summed E-state index contributed by atoms with van der Waals surface area (Å²) >= 11 is 4.09. The second-order valence-corrected chi connectivity index (χ2v) is 18.0. The Balaban J connectivity index is 0.000000149. The van der Waals surface area contributed by atoms with Crippen LogP contribution in [0.4, 0.5) is 43.8 Å². The molecular formula is C52H47N9O3S3. The van der Waals surface area contributed by atoms with Crippen LogP contribution in [0, 0.1) is 20.8 Å². The number of nitrogens with zero attached hydrogens (tertiary/aromatic N) is 3. The number of ketones is 3. The lowest BCUT2D eigenvalue weighted by Gasteiger charge is -2.03. The zero-order valence-corrected chi connectivity index (χ0v) is 39.3. The molecule has 3 aromatic heterocycles. The molecule has 0 aliphatic carbocycles. The van der Waals surface area contributed by atoms with Gasteiger partial charge in [-0.15, -0.1) is 11.3 Å². The van der Waals surface area contributed by atoms with E-state index in [9.17, 15) is 14.4 Å². The van der Waals surface area contributed by atoms with Gasteiger partial charge in [0.25, 0.3) is 0 Å². The summed E-state index contributed by atoms with van der Waals surface area (Å²) in [5.74, 6) is -0.0527. The smallest absolute Gasteiger partial charge is 0.212 e. The number of benzene rings is 6. The van der Waals surface area contributed by atoms with E-state index in [-0.39, 0.29) is 17.3 Å². The van der Waals surface area contributed by atoms with Gasteiger partial charge < -0.3 is 33.2 Å². The molecule has 6 aromatic carbocycles. The lowest BCUT2D eigenvalue weighted by Crippen LogP contribution is -2.04. The standard InChI is InChI=1S/C18H17N3OS.2C17H15N3OS/c1-12-4-2-3-5-15(12)17(22)16-11-20-18(23-16)21-14-8-6-13(10-19)7-9-14;1-11-5-2-3-8-14(11)16(21)15-10-19-17(22-15)20-13-7-4-6-12(18)9-13;1-11-4-2-3-5-14(11)16(21)15-10-22-17(20-15)19-13-8-6-12(18)7-9-13/h2-9,11H,10,19H2,1H3,(H,20,21);2*2-10H,18H2,1H3,(H,19,20). The zero-order chi connectivity index (χ0) is 47.3. The molecule has 0 fully saturated rings. The summed E-state index contributed by atoms with van der Waals surface area (Å²) < 4.78 is 0. The largest absolute Gasteiger partial charge is 0.399 e. The molecule has 0 saturated heterocycles. The molecule has 3 heterocycles. The lowest BCUT2D eigenvalue weighted by atomic mass is 10.0. The number of nitrogens with one attached hydrogen (secondary N) is 3. The first-order valence-corrected chi connectivity index (χ1v) is 23.4. The summed E-state index contributed by atoms with van der Waals surface area (Å²) in [5, 5.41) is 13.4. The van der Waals surface area contributed by atoms with Gasteiger partial charge in [0.2, 0.25) is 17.3 Å². The maximum atomic E-state index is 12.5. The molecule has 0 unspecified atom stereocenters. The maximum Gasteiger partial charge on any atom is 0.212 e. The third-order valence-electron chi connectivity index (χ3n) is 10.1. The molecule has 67 heavy (non-hydrogen) atoms. The first-order chi connectivity index (χ1) is 32.4. The predicted octanol–water partition coefficient (Wildman–Crippen LogP) is 11.9. The fraction of sp³-hybridized carbons (Fsp3) is 0.0769. The highest BCUT2D eigenvalue weighted by Crippen LogP contribution is 2.28. The number of nitrogen functional groups attached to an aromatic ring is 2. The topological polar surface area (TPSA) is 204 Å². The van der Waals surface area contributed by atoms with Crippen LogP contribution in [0.5, 0.6) is 0 Å². The first kappa shape index (κ1) is 47.2. The van der Waals surface area contributed by atoms with Crippen LogP contribution in [0.3, 0.4) is 0 Å². The Bertz CT molecular complexity index is 3120. The van der Waals surface area contributed by atoms with Gasteiger partial charge in [-0.2, -0.15) is 0 Å². The van der Waals surface area contributed by atoms with Gasteiger partial charge in [0.1, 0.15) is 5.69 Å². The Hall–Kier alpha value is -7.82. The van der Waals surface area contributed by atoms with Crippen LogP contribution < -0.4 is 33.2 Å². The van der Waals surface area contributed by atoms with Gasteiger partial charge in [-0.05, 0) is 97.6 Å². The zero-order valence-electron chi connectivity index (χ0n) is 36.8. The number of hydrogen-bond acceptors (Lipinski definition) is 15. The molecule has 0 saturated carbocycles. The minimum absolute atomic E-state index is 0.00349. The van der Waals surface area contributed by atoms with E-state index < -0.39 is 0 Å². The molecule has 0 amide bonds. The van der Waals surface area contributed by atoms with Crippen molar-refractivity contribution >= 4 is 95.2 Å². The van der Waals surface area contributed by atoms with Gasteiger partial charge in [0, 0.05) is 57.1 Å². The Morgan fingerprint density at radius 3 is 1.46 bits per heavy atom. The van der Waals surface area contributed by atoms with Crippen LogP contribution in [0.15, 0.2) is 163 Å². The third-order valence-corrected chi connectivity index (χ3v) is 12.7. The summed E-state index contributed by atoms with van der Waals surface area (Å²) in [4.78, 5) is 51.7. The van der Waals surface area contributed by atoms with E-state index in [4.69, 9.17) is 17.2 Å². The number of hydrogen-bond donors (Lipinski definition) is 6. The van der Waals surface area contributed by atoms with Gasteiger partial charge in [-0.3, -0.25) is 14.4 Å². The van der Waals surface area contributed by atoms with Crippen molar-refractivity contribution in [2.24, 2.45) is 5.73 Å². The molecule has 0 aliphatic rings. The molecule has 15 heteroatoms. The van der Waals surface area contributed by atoms with Crippen LogP contribution >= 0.6 is 34.0 Å². The highest BCUT2D eigenvalue weighted by atomic mass is 32.1. The van der Waals surface area contributed by atoms with Crippen LogP contribution in [-0.4, -0.2) is 32.3 Å². The van der Waals surface area contributed by atoms with Crippen LogP contribution in [0.1, 0.15) is 68.8 Å². The Morgan fingerprint density at radius 2 is 0.970 bits per heavy atom. The van der Waals surface area contributed by atoms with E-state index in [0.29, 0.717) is 59.9 Å². The fourth-order valence-electron chi connectivity index (χ4n) is 6.47. The SMILES string of the molecule is Cc1ccccc1C(=O)c1cnc(Nc2ccc(CN)cc2)s1.Cc1ccccc1C(=O)c1cnc(Nc2cccc(N)c2)s1.Cc1ccccc1C(=O)c1csc(Nc2ccc(N)cc2)n1. The average molecular weight is 942 g/mol. The number of aromatic nitrogens is 3. The van der Waals surface area contributed by atoms with E-state index in [1.807, 2.05) is 166 Å². The molecule has 9 aromatic rings. The summed E-state index contributed by atoms with van der Waals surface area (Å²) in [5.41, 5.74) is 27.6. The Labute approximate surface area is 400 Å². The van der Waals surface area contributed by atoms with Crippen molar-refractivity contribution < 1.29 is 14.4 Å². The number of carbonyl (C=O) groups is 3. The monoisotopic (exact) mass is 941 g/mol. The van der Waals surface area contributed by atoms with Gasteiger partial charge >= 0.3 is 0 Å². The Morgan fingerprint density at radius 1 is 0.507 bits per heavy atom. The van der Waals surface area contributed by atoms with Crippen LogP contribution in [0.25, 0.3) is 0 Å². The number of anilines is 8. The van der Waals surface area contributed by atoms with Gasteiger partial charge in [0.15, 0.2) is 15.4 Å². The first-order valence-electron chi connectivity index (χ1n) is 20.9. The number of thiazole rings is 3. The average Bonchev–Trinajstić information content (AvgIpc) is 4.13. The van der Waals surface area contributed by atoms with Crippen LogP contribution in [-0.2, 0) is 6.54 Å². The molecule has 336 valence electrons. The Kier molecular flexibility index (Phi) is 15.8. The van der Waals surface area contributed by atoms with Crippen molar-refractivity contribution in [1.82, 2.24) is 15.0 Å². The summed E-state index contributed by atoms with van der Waals surface area (Å²) in [6.45, 7) is 6.31. The van der Waals surface area contributed by atoms with Gasteiger partial charge in [-0.25, -0.2) is 15.0 Å². The second-order valence-electron chi connectivity index (χ2n) is 15.1. The van der Waals surface area contributed by atoms with E-state index in [1.54, 1.807) is 17.8 Å². The molecule has 9 N–H and O–H groups in total. The number of nitrogens with two attached hydrogens (primary N) is 3. The molecule has 0 atom stereocenters. The molecular weight excluding hydrogens is 895 g/mol. The minimum Gasteiger partial charge on any atom is -0.399 e. The molecule has 0 bridgehead atoms. The highest BCUT2D eigenvalue weighted by molar-refractivity contribution is 7.18. The van der Waals surface area contributed by atoms with Crippen molar-refractivity contribution in [2.75, 3.05) is 27.4 Å². The normalized spacial score (nSPS) is 10.4. The predicted molar refractivity (Wildman–Crippen MR) is 276 cm³/mol. The van der Waals surface area contributed by atoms with E-state index in [2.05, 4.69) is 30.9 Å². The van der Waals surface area contributed by atoms with Crippen molar-refractivity contribution in [1.29, 1.82) is 0 Å². The van der Waals surface area contributed by atoms with Gasteiger partial charge in [-0.1, -0.05) is 114 Å². The summed E-state index contributed by atoms with van der Waals surface area (Å²) in [7, 11) is 0. The number of carbonyl (C=O) groups excluding carboxylic acids is 3. The van der Waals surface area contributed by atoms with Gasteiger partial charge in [0.05, 0.1) is 22.1 Å². The highest BCUT2D eigenvalue weighted by Gasteiger charge is 2.17. The number of aryl methyl sites for hydroxylation is 3. The molecule has 0 spiro atoms. The maximum absolute atomic E-state index is 12.5. The second kappa shape index (κ2) is 22.4. The van der Waals surface area contributed by atoms with Crippen molar-refractivity contribution in [2.45, 2.75) is 27.3 Å². The van der Waals surface area contributed by atoms with Crippen LogP contribution in [0.2, 0.25) is 0 Å². The molecule has 0 radical (unpaired) electrons. The van der Waals surface area contributed by atoms with Crippen molar-refractivity contribution in [3.8, 4) is 0 Å². The summed E-state index contributed by atoms with van der Waals surface area (Å²) in [6.07, 6.45) is 3.23. The quantitative estimate of drug-likeness (QED) is 0.0472. The summed E-state index contributed by atoms with van der Waals surface area (Å²) in [6, 6.07) is 45.3. The molecule has 0 aliphatic heterocycles. The van der Waals surface area contributed by atoms with Crippen molar-refractivity contribution in [3.63, 3.8) is 0 Å². The molecule has 12 nitrogen and oxygen atoms in total. The van der Waals surface area contributed by atoms with E-state index >= 15 is 0 Å². The van der Waals surface area contributed by atoms with Crippen molar-refractivity contribution in [3.05, 3.63) is 218 Å². The fourth-order valence-corrected chi connectivity index (χ4v) is 8.77. The van der Waals surface area contributed by atoms with E-state index in [1.165, 1.54) is 34.0 Å². The third kappa shape index (κ3) is 12.7. The van der Waals surface area contributed by atoms with E-state index in [0.717, 1.165) is 44.9 Å².